The molecule has 2 atom stereocenters. The summed E-state index contributed by atoms with van der Waals surface area (Å²) in [6.07, 6.45) is 3.35. The highest BCUT2D eigenvalue weighted by Gasteiger charge is 2.30. The average molecular weight is 373 g/mol. The normalized spacial score (nSPS) is 23.2. The summed E-state index contributed by atoms with van der Waals surface area (Å²) in [6, 6.07) is 10.6. The van der Waals surface area contributed by atoms with Gasteiger partial charge in [0, 0.05) is 32.1 Å². The number of amides is 2. The van der Waals surface area contributed by atoms with Gasteiger partial charge in [-0.3, -0.25) is 19.4 Å². The van der Waals surface area contributed by atoms with E-state index < -0.39 is 0 Å². The number of nitrogens with zero attached hydrogens (tertiary/aromatic N) is 2. The predicted molar refractivity (Wildman–Crippen MR) is 106 cm³/mol. The maximum absolute atomic E-state index is 12.7. The molecule has 0 saturated carbocycles. The molecule has 148 valence electrons. The number of hydrogen-bond donors (Lipinski definition) is 2. The molecule has 1 aromatic carbocycles. The number of primary amides is 1. The maximum atomic E-state index is 12.7. The molecule has 2 heterocycles. The van der Waals surface area contributed by atoms with Gasteiger partial charge in [0.2, 0.25) is 11.8 Å². The lowest BCUT2D eigenvalue weighted by molar-refractivity contribution is -0.127. The van der Waals surface area contributed by atoms with Crippen LogP contribution in [0.3, 0.4) is 0 Å². The first-order valence-electron chi connectivity index (χ1n) is 10.1. The standard InChI is InChI=1S/C21H32N4O2/c1-16(25-11-7-17(8-12-25)13-20(22)26)21(27)23-19-9-10-24(15-19)14-18-5-3-2-4-6-18/h2-6,16-17,19H,7-15H2,1H3,(H2,22,26)(H,23,27). The van der Waals surface area contributed by atoms with Crippen LogP contribution >= 0.6 is 0 Å². The van der Waals surface area contributed by atoms with Crippen LogP contribution in [0.25, 0.3) is 0 Å². The van der Waals surface area contributed by atoms with Crippen LogP contribution in [0.5, 0.6) is 0 Å². The number of piperidine rings is 1. The van der Waals surface area contributed by atoms with Gasteiger partial charge in [0.05, 0.1) is 6.04 Å². The number of likely N-dealkylation sites (tertiary alicyclic amines) is 2. The summed E-state index contributed by atoms with van der Waals surface area (Å²) < 4.78 is 0. The number of carbonyl (C=O) groups excluding carboxylic acids is 2. The summed E-state index contributed by atoms with van der Waals surface area (Å²) in [5, 5.41) is 3.24. The van der Waals surface area contributed by atoms with Crippen LogP contribution in [0.2, 0.25) is 0 Å². The minimum absolute atomic E-state index is 0.120. The maximum Gasteiger partial charge on any atom is 0.237 e. The molecule has 2 unspecified atom stereocenters. The lowest BCUT2D eigenvalue weighted by Crippen LogP contribution is -2.51. The number of benzene rings is 1. The van der Waals surface area contributed by atoms with Gasteiger partial charge in [-0.1, -0.05) is 30.3 Å². The smallest absolute Gasteiger partial charge is 0.237 e. The Labute approximate surface area is 162 Å². The fourth-order valence-corrected chi connectivity index (χ4v) is 4.25. The van der Waals surface area contributed by atoms with E-state index in [9.17, 15) is 9.59 Å². The van der Waals surface area contributed by atoms with E-state index >= 15 is 0 Å². The Balaban J connectivity index is 1.40. The van der Waals surface area contributed by atoms with Crippen LogP contribution < -0.4 is 11.1 Å². The molecule has 6 heteroatoms. The largest absolute Gasteiger partial charge is 0.370 e. The minimum atomic E-state index is -0.222. The molecule has 0 spiro atoms. The lowest BCUT2D eigenvalue weighted by Gasteiger charge is -2.35. The molecule has 0 aromatic heterocycles. The van der Waals surface area contributed by atoms with Crippen molar-refractivity contribution in [3.8, 4) is 0 Å². The monoisotopic (exact) mass is 372 g/mol. The molecule has 0 aliphatic carbocycles. The van der Waals surface area contributed by atoms with Crippen molar-refractivity contribution in [2.45, 2.75) is 51.2 Å². The average Bonchev–Trinajstić information content (AvgIpc) is 3.09. The lowest BCUT2D eigenvalue weighted by atomic mass is 9.92. The fraction of sp³-hybridized carbons (Fsp3) is 0.619. The summed E-state index contributed by atoms with van der Waals surface area (Å²) >= 11 is 0. The molecule has 1 aromatic rings. The second-order valence-corrected chi connectivity index (χ2v) is 8.04. The third-order valence-electron chi connectivity index (χ3n) is 5.93. The first-order chi connectivity index (χ1) is 13.0. The second kappa shape index (κ2) is 9.33. The van der Waals surface area contributed by atoms with Gasteiger partial charge in [-0.15, -0.1) is 0 Å². The molecule has 2 aliphatic heterocycles. The molecule has 27 heavy (non-hydrogen) atoms. The molecule has 6 nitrogen and oxygen atoms in total. The Morgan fingerprint density at radius 1 is 1.15 bits per heavy atom. The quantitative estimate of drug-likeness (QED) is 0.757. The Morgan fingerprint density at radius 2 is 1.85 bits per heavy atom. The van der Waals surface area contributed by atoms with E-state index in [1.807, 2.05) is 13.0 Å². The van der Waals surface area contributed by atoms with Crippen molar-refractivity contribution in [3.05, 3.63) is 35.9 Å². The summed E-state index contributed by atoms with van der Waals surface area (Å²) in [6.45, 7) is 6.58. The van der Waals surface area contributed by atoms with Crippen molar-refractivity contribution in [3.63, 3.8) is 0 Å². The number of rotatable bonds is 7. The van der Waals surface area contributed by atoms with Crippen LogP contribution in [0, 0.1) is 5.92 Å². The fourth-order valence-electron chi connectivity index (χ4n) is 4.25. The van der Waals surface area contributed by atoms with Crippen molar-refractivity contribution >= 4 is 11.8 Å². The van der Waals surface area contributed by atoms with E-state index in [-0.39, 0.29) is 23.9 Å². The Morgan fingerprint density at radius 3 is 2.52 bits per heavy atom. The van der Waals surface area contributed by atoms with Gasteiger partial charge in [-0.05, 0) is 50.8 Å². The van der Waals surface area contributed by atoms with E-state index in [0.717, 1.165) is 52.0 Å². The number of carbonyl (C=O) groups is 2. The zero-order chi connectivity index (χ0) is 19.2. The minimum Gasteiger partial charge on any atom is -0.370 e. The number of nitrogens with one attached hydrogen (secondary N) is 1. The Bertz CT molecular complexity index is 628. The zero-order valence-corrected chi connectivity index (χ0v) is 16.3. The zero-order valence-electron chi connectivity index (χ0n) is 16.3. The van der Waals surface area contributed by atoms with Crippen molar-refractivity contribution in [2.24, 2.45) is 11.7 Å². The predicted octanol–water partition coefficient (Wildman–Crippen LogP) is 1.35. The molecular weight excluding hydrogens is 340 g/mol. The number of nitrogens with two attached hydrogens (primary N) is 1. The second-order valence-electron chi connectivity index (χ2n) is 8.04. The van der Waals surface area contributed by atoms with Gasteiger partial charge < -0.3 is 11.1 Å². The van der Waals surface area contributed by atoms with Crippen LogP contribution in [0.1, 0.15) is 38.2 Å². The molecule has 2 aliphatic rings. The van der Waals surface area contributed by atoms with Crippen LogP contribution in [-0.2, 0) is 16.1 Å². The summed E-state index contributed by atoms with van der Waals surface area (Å²) in [7, 11) is 0. The van der Waals surface area contributed by atoms with Gasteiger partial charge in [0.25, 0.3) is 0 Å². The van der Waals surface area contributed by atoms with Gasteiger partial charge >= 0.3 is 0 Å². The molecule has 3 N–H and O–H groups in total. The molecule has 2 saturated heterocycles. The molecule has 2 fully saturated rings. The van der Waals surface area contributed by atoms with Crippen molar-refractivity contribution in [1.29, 1.82) is 0 Å². The molecular formula is C21H32N4O2. The van der Waals surface area contributed by atoms with Gasteiger partial charge in [0.15, 0.2) is 0 Å². The van der Waals surface area contributed by atoms with Gasteiger partial charge in [-0.25, -0.2) is 0 Å². The number of hydrogen-bond acceptors (Lipinski definition) is 4. The highest BCUT2D eigenvalue weighted by Crippen LogP contribution is 2.22. The van der Waals surface area contributed by atoms with Gasteiger partial charge in [0.1, 0.15) is 0 Å². The highest BCUT2D eigenvalue weighted by atomic mass is 16.2. The van der Waals surface area contributed by atoms with Crippen molar-refractivity contribution in [2.75, 3.05) is 26.2 Å². The molecule has 3 rings (SSSR count). The van der Waals surface area contributed by atoms with Crippen molar-refractivity contribution in [1.82, 2.24) is 15.1 Å². The Kier molecular flexibility index (Phi) is 6.85. The van der Waals surface area contributed by atoms with E-state index in [2.05, 4.69) is 39.4 Å². The molecule has 0 bridgehead atoms. The Hall–Kier alpha value is -1.92. The van der Waals surface area contributed by atoms with Crippen molar-refractivity contribution < 1.29 is 9.59 Å². The summed E-state index contributed by atoms with van der Waals surface area (Å²) in [4.78, 5) is 28.4. The molecule has 0 radical (unpaired) electrons. The van der Waals surface area contributed by atoms with Crippen LogP contribution in [0.4, 0.5) is 0 Å². The summed E-state index contributed by atoms with van der Waals surface area (Å²) in [5.41, 5.74) is 6.61. The first kappa shape index (κ1) is 19.8. The van der Waals surface area contributed by atoms with E-state index in [0.29, 0.717) is 12.3 Å². The van der Waals surface area contributed by atoms with E-state index in [1.54, 1.807) is 0 Å². The summed E-state index contributed by atoms with van der Waals surface area (Å²) in [5.74, 6) is 0.269. The van der Waals surface area contributed by atoms with Gasteiger partial charge in [-0.2, -0.15) is 0 Å². The SMILES string of the molecule is CC(C(=O)NC1CCN(Cc2ccccc2)C1)N1CCC(CC(N)=O)CC1. The topological polar surface area (TPSA) is 78.7 Å². The third kappa shape index (κ3) is 5.78. The van der Waals surface area contributed by atoms with Crippen LogP contribution in [0.15, 0.2) is 30.3 Å². The van der Waals surface area contributed by atoms with E-state index in [4.69, 9.17) is 5.73 Å². The van der Waals surface area contributed by atoms with E-state index in [1.165, 1.54) is 5.56 Å². The third-order valence-corrected chi connectivity index (χ3v) is 5.93. The highest BCUT2D eigenvalue weighted by molar-refractivity contribution is 5.81. The first-order valence-corrected chi connectivity index (χ1v) is 10.1. The van der Waals surface area contributed by atoms with Crippen LogP contribution in [-0.4, -0.2) is 59.9 Å². The molecule has 2 amide bonds.